The number of furan rings is 1. The third-order valence-electron chi connectivity index (χ3n) is 4.53. The zero-order valence-corrected chi connectivity index (χ0v) is 17.2. The van der Waals surface area contributed by atoms with E-state index in [9.17, 15) is 14.0 Å². The first-order valence-electron chi connectivity index (χ1n) is 9.63. The summed E-state index contributed by atoms with van der Waals surface area (Å²) in [5.74, 6) is -0.905. The second-order valence-electron chi connectivity index (χ2n) is 7.16. The number of primary amides is 1. The Morgan fingerprint density at radius 1 is 1.06 bits per heavy atom. The molecule has 4 aromatic rings. The fourth-order valence-corrected chi connectivity index (χ4v) is 3.29. The van der Waals surface area contributed by atoms with Crippen LogP contribution in [0.5, 0.6) is 5.75 Å². The molecule has 0 aliphatic rings. The smallest absolute Gasteiger partial charge is 0.412 e. The Morgan fingerprint density at radius 2 is 1.75 bits per heavy atom. The number of carbonyl (C=O) groups is 2. The molecule has 0 unspecified atom stereocenters. The van der Waals surface area contributed by atoms with Gasteiger partial charge in [0.2, 0.25) is 0 Å². The summed E-state index contributed by atoms with van der Waals surface area (Å²) in [7, 11) is 0. The molecular weight excluding hydrogens is 417 g/mol. The van der Waals surface area contributed by atoms with Gasteiger partial charge >= 0.3 is 12.1 Å². The van der Waals surface area contributed by atoms with Crippen LogP contribution in [0.2, 0.25) is 0 Å². The molecule has 0 saturated heterocycles. The molecule has 0 aliphatic carbocycles. The van der Waals surface area contributed by atoms with Gasteiger partial charge in [0.25, 0.3) is 0 Å². The van der Waals surface area contributed by atoms with Crippen molar-refractivity contribution in [2.75, 3.05) is 0 Å². The van der Waals surface area contributed by atoms with Gasteiger partial charge in [-0.15, -0.1) is 0 Å². The monoisotopic (exact) mass is 435 g/mol. The lowest BCUT2D eigenvalue weighted by Crippen LogP contribution is -2.18. The molecule has 0 fully saturated rings. The average Bonchev–Trinajstić information content (AvgIpc) is 3.12. The zero-order chi connectivity index (χ0) is 22.8. The minimum Gasteiger partial charge on any atom is -0.490 e. The second-order valence-corrected chi connectivity index (χ2v) is 7.16. The third kappa shape index (κ3) is 4.13. The maximum absolute atomic E-state index is 13.4. The molecule has 2 N–H and O–H groups in total. The summed E-state index contributed by atoms with van der Waals surface area (Å²) in [5.41, 5.74) is 7.05. The maximum atomic E-state index is 13.4. The van der Waals surface area contributed by atoms with Crippen LogP contribution < -0.4 is 10.5 Å². The highest BCUT2D eigenvalue weighted by atomic mass is 19.1. The lowest BCUT2D eigenvalue weighted by Gasteiger charge is -2.14. The predicted octanol–water partition coefficient (Wildman–Crippen LogP) is 4.72. The molecule has 2 aromatic heterocycles. The van der Waals surface area contributed by atoms with Gasteiger partial charge in [0, 0.05) is 34.5 Å². The molecule has 2 heterocycles. The lowest BCUT2D eigenvalue weighted by atomic mass is 10.0. The molecule has 0 bridgehead atoms. The summed E-state index contributed by atoms with van der Waals surface area (Å²) in [6, 6.07) is 8.65. The molecule has 0 radical (unpaired) electrons. The molecule has 2 aromatic carbocycles. The van der Waals surface area contributed by atoms with Crippen LogP contribution in [0.4, 0.5) is 9.18 Å². The van der Waals surface area contributed by atoms with E-state index in [0.717, 1.165) is 0 Å². The van der Waals surface area contributed by atoms with Gasteiger partial charge in [0.1, 0.15) is 34.8 Å². The van der Waals surface area contributed by atoms with Crippen molar-refractivity contribution in [2.45, 2.75) is 20.0 Å². The van der Waals surface area contributed by atoms with E-state index in [2.05, 4.69) is 14.7 Å². The van der Waals surface area contributed by atoms with Gasteiger partial charge in [-0.2, -0.15) is 0 Å². The number of carbonyl (C=O) groups excluding carboxylic acids is 2. The fraction of sp³-hybridized carbons (Fsp3) is 0.130. The van der Waals surface area contributed by atoms with Crippen molar-refractivity contribution >= 4 is 23.0 Å². The van der Waals surface area contributed by atoms with E-state index in [-0.39, 0.29) is 17.4 Å². The van der Waals surface area contributed by atoms with Crippen LogP contribution in [0.15, 0.2) is 59.5 Å². The highest BCUT2D eigenvalue weighted by Crippen LogP contribution is 2.41. The molecule has 32 heavy (non-hydrogen) atoms. The third-order valence-corrected chi connectivity index (χ3v) is 4.53. The summed E-state index contributed by atoms with van der Waals surface area (Å²) >= 11 is 0. The van der Waals surface area contributed by atoms with Gasteiger partial charge in [0.15, 0.2) is 0 Å². The largest absolute Gasteiger partial charge is 0.490 e. The molecule has 1 amide bonds. The van der Waals surface area contributed by atoms with Gasteiger partial charge in [-0.25, -0.2) is 23.9 Å². The van der Waals surface area contributed by atoms with Crippen LogP contribution in [-0.4, -0.2) is 28.1 Å². The highest BCUT2D eigenvalue weighted by Gasteiger charge is 2.27. The van der Waals surface area contributed by atoms with Gasteiger partial charge in [0.05, 0.1) is 6.10 Å². The number of aromatic nitrogens is 2. The number of hydrogen-bond donors (Lipinski definition) is 1. The molecule has 0 atom stereocenters. The van der Waals surface area contributed by atoms with Crippen LogP contribution in [-0.2, 0) is 4.74 Å². The number of esters is 1. The molecule has 8 nitrogen and oxygen atoms in total. The Balaban J connectivity index is 2.00. The van der Waals surface area contributed by atoms with E-state index in [1.807, 2.05) is 13.8 Å². The van der Waals surface area contributed by atoms with Crippen LogP contribution >= 0.6 is 0 Å². The molecular formula is C23H18FN3O5. The zero-order valence-electron chi connectivity index (χ0n) is 17.2. The number of ether oxygens (including phenoxy) is 2. The Morgan fingerprint density at radius 3 is 2.38 bits per heavy atom. The standard InChI is InChI=1S/C23H18FN3O5/c1-12(2)30-18-8-17-19(7-16(18)14-9-26-11-27-10-14)31-21(13-3-5-15(24)6-4-13)20(17)22(28)32-23(25)29/h3-12H,1-2H3,(H2,25,29). The molecule has 0 saturated carbocycles. The SMILES string of the molecule is CC(C)Oc1cc2c(C(=O)OC(N)=O)c(-c3ccc(F)cc3)oc2cc1-c1cncnc1. The van der Waals surface area contributed by atoms with Crippen molar-refractivity contribution in [1.29, 1.82) is 0 Å². The number of halogens is 1. The summed E-state index contributed by atoms with van der Waals surface area (Å²) in [6.45, 7) is 3.72. The Bertz CT molecular complexity index is 1300. The lowest BCUT2D eigenvalue weighted by molar-refractivity contribution is 0.0640. The fourth-order valence-electron chi connectivity index (χ4n) is 3.29. The first kappa shape index (κ1) is 21.0. The van der Waals surface area contributed by atoms with Crippen molar-refractivity contribution in [2.24, 2.45) is 5.73 Å². The molecule has 0 spiro atoms. The Hall–Kier alpha value is -4.27. The number of benzene rings is 2. The molecule has 9 heteroatoms. The Kier molecular flexibility index (Phi) is 5.55. The summed E-state index contributed by atoms with van der Waals surface area (Å²) in [5, 5.41) is 0.340. The number of nitrogens with zero attached hydrogens (tertiary/aromatic N) is 2. The van der Waals surface area contributed by atoms with Gasteiger partial charge in [-0.1, -0.05) is 0 Å². The van der Waals surface area contributed by atoms with E-state index in [1.54, 1.807) is 24.5 Å². The normalized spacial score (nSPS) is 11.0. The first-order chi connectivity index (χ1) is 15.3. The molecule has 162 valence electrons. The number of hydrogen-bond acceptors (Lipinski definition) is 7. The van der Waals surface area contributed by atoms with E-state index >= 15 is 0 Å². The summed E-state index contributed by atoms with van der Waals surface area (Å²) in [6.07, 6.45) is 3.20. The number of nitrogens with two attached hydrogens (primary N) is 1. The Labute approximate surface area is 181 Å². The number of amides is 1. The highest BCUT2D eigenvalue weighted by molar-refractivity contribution is 6.12. The maximum Gasteiger partial charge on any atom is 0.412 e. The minimum absolute atomic E-state index is 0.0325. The molecule has 0 aliphatic heterocycles. The van der Waals surface area contributed by atoms with Crippen molar-refractivity contribution in [3.63, 3.8) is 0 Å². The van der Waals surface area contributed by atoms with Crippen molar-refractivity contribution < 1.29 is 27.9 Å². The van der Waals surface area contributed by atoms with E-state index in [0.29, 0.717) is 33.4 Å². The molecule has 4 rings (SSSR count). The van der Waals surface area contributed by atoms with Crippen LogP contribution in [0.1, 0.15) is 24.2 Å². The van der Waals surface area contributed by atoms with E-state index in [1.165, 1.54) is 30.6 Å². The van der Waals surface area contributed by atoms with Crippen molar-refractivity contribution in [3.05, 3.63) is 66.5 Å². The topological polar surface area (TPSA) is 118 Å². The summed E-state index contributed by atoms with van der Waals surface area (Å²) in [4.78, 5) is 32.1. The quantitative estimate of drug-likeness (QED) is 0.356. The van der Waals surface area contributed by atoms with E-state index in [4.69, 9.17) is 14.9 Å². The van der Waals surface area contributed by atoms with Crippen molar-refractivity contribution in [3.8, 4) is 28.2 Å². The number of fused-ring (bicyclic) bond motifs is 1. The number of rotatable bonds is 5. The van der Waals surface area contributed by atoms with E-state index < -0.39 is 17.9 Å². The first-order valence-corrected chi connectivity index (χ1v) is 9.63. The van der Waals surface area contributed by atoms with Crippen molar-refractivity contribution in [1.82, 2.24) is 9.97 Å². The van der Waals surface area contributed by atoms with Gasteiger partial charge in [-0.3, -0.25) is 0 Å². The summed E-state index contributed by atoms with van der Waals surface area (Å²) < 4.78 is 30.0. The second kappa shape index (κ2) is 8.46. The average molecular weight is 435 g/mol. The predicted molar refractivity (Wildman–Crippen MR) is 113 cm³/mol. The van der Waals surface area contributed by atoms with Crippen LogP contribution in [0.3, 0.4) is 0 Å². The van der Waals surface area contributed by atoms with Gasteiger partial charge in [-0.05, 0) is 50.2 Å². The minimum atomic E-state index is -1.26. The van der Waals surface area contributed by atoms with Crippen LogP contribution in [0.25, 0.3) is 33.4 Å². The van der Waals surface area contributed by atoms with Crippen LogP contribution in [0, 0.1) is 5.82 Å². The van der Waals surface area contributed by atoms with Gasteiger partial charge < -0.3 is 19.6 Å².